The van der Waals surface area contributed by atoms with Crippen molar-refractivity contribution in [1.82, 2.24) is 0 Å². The summed E-state index contributed by atoms with van der Waals surface area (Å²) >= 11 is 1.14. The molecule has 21 heavy (non-hydrogen) atoms. The number of cyclic esters (lactones) is 1. The smallest absolute Gasteiger partial charge is 0.414 e. The molecule has 0 aliphatic carbocycles. The molecule has 0 saturated carbocycles. The molecule has 0 bridgehead atoms. The zero-order valence-corrected chi connectivity index (χ0v) is 12.5. The Balaban J connectivity index is 1.85. The topological polar surface area (TPSA) is 75.7 Å². The Labute approximate surface area is 126 Å². The predicted octanol–water partition coefficient (Wildman–Crippen LogP) is 2.51. The summed E-state index contributed by atoms with van der Waals surface area (Å²) in [6.07, 6.45) is -0.423. The lowest BCUT2D eigenvalue weighted by Gasteiger charge is -2.14. The van der Waals surface area contributed by atoms with E-state index in [9.17, 15) is 13.2 Å². The number of anilines is 2. The summed E-state index contributed by atoms with van der Waals surface area (Å²) in [6.45, 7) is 0.796. The van der Waals surface area contributed by atoms with E-state index in [1.54, 1.807) is 35.7 Å². The first-order valence-corrected chi connectivity index (χ1v) is 8.53. The maximum atomic E-state index is 12.2. The van der Waals surface area contributed by atoms with Gasteiger partial charge in [-0.05, 0) is 29.6 Å². The van der Waals surface area contributed by atoms with Crippen LogP contribution in [-0.2, 0) is 14.8 Å². The summed E-state index contributed by atoms with van der Waals surface area (Å²) < 4.78 is 31.9. The molecule has 1 aromatic carbocycles. The van der Waals surface area contributed by atoms with E-state index in [2.05, 4.69) is 4.72 Å². The predicted molar refractivity (Wildman–Crippen MR) is 80.3 cm³/mol. The van der Waals surface area contributed by atoms with E-state index in [4.69, 9.17) is 4.74 Å². The van der Waals surface area contributed by atoms with Gasteiger partial charge in [0.1, 0.15) is 10.8 Å². The molecule has 1 amide bonds. The Morgan fingerprint density at radius 2 is 2.10 bits per heavy atom. The Morgan fingerprint density at radius 1 is 1.24 bits per heavy atom. The third-order valence-corrected chi connectivity index (χ3v) is 5.71. The first-order valence-electron chi connectivity index (χ1n) is 6.17. The van der Waals surface area contributed by atoms with Crippen LogP contribution in [0.2, 0.25) is 0 Å². The van der Waals surface area contributed by atoms with Crippen molar-refractivity contribution in [3.8, 4) is 0 Å². The van der Waals surface area contributed by atoms with Gasteiger partial charge in [0, 0.05) is 5.69 Å². The molecule has 0 unspecified atom stereocenters. The molecule has 0 spiro atoms. The summed E-state index contributed by atoms with van der Waals surface area (Å²) in [7, 11) is -3.59. The Hall–Kier alpha value is -2.06. The zero-order chi connectivity index (χ0) is 14.9. The molecule has 6 nitrogen and oxygen atoms in total. The van der Waals surface area contributed by atoms with Crippen LogP contribution in [0.1, 0.15) is 0 Å². The van der Waals surface area contributed by atoms with E-state index in [0.717, 1.165) is 11.3 Å². The number of amides is 1. The van der Waals surface area contributed by atoms with Crippen LogP contribution in [0.5, 0.6) is 0 Å². The van der Waals surface area contributed by atoms with Gasteiger partial charge in [0.05, 0.1) is 12.2 Å². The third-order valence-electron chi connectivity index (χ3n) is 2.93. The number of hydrogen-bond donors (Lipinski definition) is 1. The van der Waals surface area contributed by atoms with E-state index >= 15 is 0 Å². The fraction of sp³-hybridized carbons (Fsp3) is 0.154. The highest BCUT2D eigenvalue weighted by molar-refractivity contribution is 7.94. The average molecular weight is 324 g/mol. The van der Waals surface area contributed by atoms with E-state index in [1.807, 2.05) is 0 Å². The minimum atomic E-state index is -3.59. The van der Waals surface area contributed by atoms with Crippen molar-refractivity contribution >= 4 is 38.8 Å². The van der Waals surface area contributed by atoms with Crippen LogP contribution in [0.3, 0.4) is 0 Å². The number of benzene rings is 1. The number of nitrogens with one attached hydrogen (secondary N) is 1. The van der Waals surface area contributed by atoms with Gasteiger partial charge in [-0.15, -0.1) is 11.3 Å². The second-order valence-corrected chi connectivity index (χ2v) is 7.21. The molecule has 1 saturated heterocycles. The van der Waals surface area contributed by atoms with Gasteiger partial charge in [-0.25, -0.2) is 13.2 Å². The van der Waals surface area contributed by atoms with Gasteiger partial charge < -0.3 is 4.74 Å². The monoisotopic (exact) mass is 324 g/mol. The molecule has 3 rings (SSSR count). The van der Waals surface area contributed by atoms with Crippen molar-refractivity contribution in [2.24, 2.45) is 0 Å². The molecule has 8 heteroatoms. The highest BCUT2D eigenvalue weighted by Gasteiger charge is 2.24. The van der Waals surface area contributed by atoms with Crippen molar-refractivity contribution in [1.29, 1.82) is 0 Å². The van der Waals surface area contributed by atoms with Gasteiger partial charge in [-0.1, -0.05) is 12.1 Å². The van der Waals surface area contributed by atoms with Gasteiger partial charge in [-0.2, -0.15) is 0 Å². The average Bonchev–Trinajstić information content (AvgIpc) is 3.09. The Bertz CT molecular complexity index is 756. The van der Waals surface area contributed by atoms with Crippen molar-refractivity contribution in [3.63, 3.8) is 0 Å². The molecule has 1 N–H and O–H groups in total. The van der Waals surface area contributed by atoms with Crippen LogP contribution in [0.4, 0.5) is 16.2 Å². The van der Waals surface area contributed by atoms with Crippen molar-refractivity contribution < 1.29 is 17.9 Å². The number of thiophene rings is 1. The van der Waals surface area contributed by atoms with Crippen LogP contribution in [0.25, 0.3) is 0 Å². The molecule has 1 aromatic heterocycles. The Morgan fingerprint density at radius 3 is 2.76 bits per heavy atom. The molecule has 0 atom stereocenters. The van der Waals surface area contributed by atoms with E-state index in [1.165, 1.54) is 11.0 Å². The fourth-order valence-corrected chi connectivity index (χ4v) is 4.03. The van der Waals surface area contributed by atoms with Crippen LogP contribution < -0.4 is 9.62 Å². The summed E-state index contributed by atoms with van der Waals surface area (Å²) in [6, 6.07) is 9.88. The van der Waals surface area contributed by atoms with Crippen molar-refractivity contribution in [2.45, 2.75) is 4.21 Å². The number of nitrogens with zero attached hydrogens (tertiary/aromatic N) is 1. The van der Waals surface area contributed by atoms with Crippen LogP contribution in [0.15, 0.2) is 46.0 Å². The van der Waals surface area contributed by atoms with Crippen molar-refractivity contribution in [3.05, 3.63) is 41.8 Å². The normalized spacial score (nSPS) is 15.0. The molecule has 110 valence electrons. The highest BCUT2D eigenvalue weighted by atomic mass is 32.2. The standard InChI is InChI=1S/C13H12N2O4S2/c16-13-15(6-7-19-13)11-4-1-3-10(9-11)14-21(17,18)12-5-2-8-20-12/h1-5,8-9,14H,6-7H2. The first-order chi connectivity index (χ1) is 10.1. The molecule has 1 fully saturated rings. The number of rotatable bonds is 4. The number of sulfonamides is 1. The van der Waals surface area contributed by atoms with Crippen LogP contribution in [-0.4, -0.2) is 27.7 Å². The van der Waals surface area contributed by atoms with Crippen molar-refractivity contribution in [2.75, 3.05) is 22.8 Å². The lowest BCUT2D eigenvalue weighted by molar-refractivity contribution is 0.181. The quantitative estimate of drug-likeness (QED) is 0.937. The molecule has 0 radical (unpaired) electrons. The van der Waals surface area contributed by atoms with Gasteiger partial charge in [-0.3, -0.25) is 9.62 Å². The summed E-state index contributed by atoms with van der Waals surface area (Å²) in [5.74, 6) is 0. The largest absolute Gasteiger partial charge is 0.447 e. The van der Waals surface area contributed by atoms with Gasteiger partial charge in [0.15, 0.2) is 0 Å². The molecule has 2 aromatic rings. The van der Waals surface area contributed by atoms with E-state index < -0.39 is 16.1 Å². The summed E-state index contributed by atoms with van der Waals surface area (Å²) in [5, 5.41) is 1.70. The summed E-state index contributed by atoms with van der Waals surface area (Å²) in [5.41, 5.74) is 1.00. The van der Waals surface area contributed by atoms with Gasteiger partial charge >= 0.3 is 6.09 Å². The fourth-order valence-electron chi connectivity index (χ4n) is 1.99. The second-order valence-electron chi connectivity index (χ2n) is 4.35. The molecule has 1 aliphatic heterocycles. The van der Waals surface area contributed by atoms with Crippen LogP contribution >= 0.6 is 11.3 Å². The van der Waals surface area contributed by atoms with Gasteiger partial charge in [0.25, 0.3) is 10.0 Å². The minimum Gasteiger partial charge on any atom is -0.447 e. The number of hydrogen-bond acceptors (Lipinski definition) is 5. The molecular formula is C13H12N2O4S2. The maximum Gasteiger partial charge on any atom is 0.414 e. The highest BCUT2D eigenvalue weighted by Crippen LogP contribution is 2.25. The summed E-state index contributed by atoms with van der Waals surface area (Å²) in [4.78, 5) is 13.0. The van der Waals surface area contributed by atoms with E-state index in [0.29, 0.717) is 24.5 Å². The zero-order valence-electron chi connectivity index (χ0n) is 10.9. The first kappa shape index (κ1) is 13.9. The SMILES string of the molecule is O=C1OCCN1c1cccc(NS(=O)(=O)c2cccs2)c1. The molecular weight excluding hydrogens is 312 g/mol. The lowest BCUT2D eigenvalue weighted by atomic mass is 10.2. The molecule has 2 heterocycles. The Kier molecular flexibility index (Phi) is 3.56. The third kappa shape index (κ3) is 2.86. The maximum absolute atomic E-state index is 12.2. The molecule has 1 aliphatic rings. The minimum absolute atomic E-state index is 0.244. The lowest BCUT2D eigenvalue weighted by Crippen LogP contribution is -2.23. The number of carbonyl (C=O) groups excluding carboxylic acids is 1. The van der Waals surface area contributed by atoms with Gasteiger partial charge in [0.2, 0.25) is 0 Å². The number of ether oxygens (including phenoxy) is 1. The second kappa shape index (κ2) is 5.38. The van der Waals surface area contributed by atoms with E-state index in [-0.39, 0.29) is 4.21 Å². The number of carbonyl (C=O) groups is 1. The van der Waals surface area contributed by atoms with Crippen LogP contribution in [0, 0.1) is 0 Å².